The Kier molecular flexibility index (Phi) is 2.68. The lowest BCUT2D eigenvalue weighted by Gasteiger charge is -2.06. The molecule has 1 aromatic heterocycles. The molecule has 1 aliphatic rings. The van der Waals surface area contributed by atoms with Crippen LogP contribution in [0.1, 0.15) is 23.7 Å². The van der Waals surface area contributed by atoms with Crippen molar-refractivity contribution in [3.63, 3.8) is 0 Å². The van der Waals surface area contributed by atoms with Crippen LogP contribution in [0.5, 0.6) is 0 Å². The molecule has 80 valence electrons. The molecule has 1 aromatic rings. The summed E-state index contributed by atoms with van der Waals surface area (Å²) in [6.45, 7) is 2.87. The van der Waals surface area contributed by atoms with Gasteiger partial charge in [-0.3, -0.25) is 9.78 Å². The van der Waals surface area contributed by atoms with E-state index >= 15 is 0 Å². The number of carbonyl (C=O) groups is 1. The molecule has 4 nitrogen and oxygen atoms in total. The van der Waals surface area contributed by atoms with Gasteiger partial charge in [0.05, 0.1) is 24.8 Å². The van der Waals surface area contributed by atoms with E-state index in [1.165, 1.54) is 0 Å². The van der Waals surface area contributed by atoms with Crippen molar-refractivity contribution in [3.8, 4) is 0 Å². The molecular weight excluding hydrogens is 194 g/mol. The van der Waals surface area contributed by atoms with Crippen molar-refractivity contribution >= 4 is 5.97 Å². The average molecular weight is 207 g/mol. The van der Waals surface area contributed by atoms with Crippen molar-refractivity contribution in [2.75, 3.05) is 0 Å². The van der Waals surface area contributed by atoms with Crippen molar-refractivity contribution in [3.05, 3.63) is 29.1 Å². The van der Waals surface area contributed by atoms with E-state index in [1.54, 1.807) is 13.1 Å². The first kappa shape index (κ1) is 10.1. The Hall–Kier alpha value is -1.42. The number of pyridine rings is 1. The van der Waals surface area contributed by atoms with Crippen LogP contribution in [-0.4, -0.2) is 16.1 Å². The zero-order valence-corrected chi connectivity index (χ0v) is 8.56. The van der Waals surface area contributed by atoms with Crippen LogP contribution in [0.2, 0.25) is 0 Å². The van der Waals surface area contributed by atoms with Crippen molar-refractivity contribution in [1.29, 1.82) is 0 Å². The maximum Gasteiger partial charge on any atom is 0.306 e. The van der Waals surface area contributed by atoms with Gasteiger partial charge in [-0.25, -0.2) is 0 Å². The van der Waals surface area contributed by atoms with Gasteiger partial charge in [-0.1, -0.05) is 13.0 Å². The molecule has 1 N–H and O–H groups in total. The molecule has 0 bridgehead atoms. The van der Waals surface area contributed by atoms with Crippen LogP contribution in [0.3, 0.4) is 0 Å². The fourth-order valence-corrected chi connectivity index (χ4v) is 1.65. The van der Waals surface area contributed by atoms with Crippen molar-refractivity contribution in [2.45, 2.75) is 26.6 Å². The first-order chi connectivity index (χ1) is 7.16. The van der Waals surface area contributed by atoms with Gasteiger partial charge in [0.2, 0.25) is 0 Å². The van der Waals surface area contributed by atoms with Crippen molar-refractivity contribution < 1.29 is 14.6 Å². The number of ether oxygens (including phenoxy) is 1. The minimum atomic E-state index is -0.772. The standard InChI is InChI=1S/C11H13NO3/c1-7(11(13)14)2-8-3-9-5-15-6-10(9)12-4-8/h3-4,7H,2,5-6H2,1H3,(H,13,14). The van der Waals surface area contributed by atoms with Crippen LogP contribution >= 0.6 is 0 Å². The third-order valence-electron chi connectivity index (χ3n) is 2.58. The lowest BCUT2D eigenvalue weighted by molar-refractivity contribution is -0.141. The van der Waals surface area contributed by atoms with Crippen molar-refractivity contribution in [2.24, 2.45) is 5.92 Å². The molecule has 0 aliphatic carbocycles. The Labute approximate surface area is 87.9 Å². The predicted molar refractivity (Wildman–Crippen MR) is 53.2 cm³/mol. The lowest BCUT2D eigenvalue weighted by atomic mass is 10.0. The quantitative estimate of drug-likeness (QED) is 0.813. The molecule has 0 spiro atoms. The minimum Gasteiger partial charge on any atom is -0.481 e. The van der Waals surface area contributed by atoms with Crippen LogP contribution in [-0.2, 0) is 29.2 Å². The predicted octanol–water partition coefficient (Wildman–Crippen LogP) is 1.38. The third-order valence-corrected chi connectivity index (χ3v) is 2.58. The van der Waals surface area contributed by atoms with Gasteiger partial charge in [-0.05, 0) is 12.0 Å². The van der Waals surface area contributed by atoms with Gasteiger partial charge < -0.3 is 9.84 Å². The molecule has 1 atom stereocenters. The highest BCUT2D eigenvalue weighted by molar-refractivity contribution is 5.69. The monoisotopic (exact) mass is 207 g/mol. The topological polar surface area (TPSA) is 59.4 Å². The molecule has 0 aromatic carbocycles. The summed E-state index contributed by atoms with van der Waals surface area (Å²) >= 11 is 0. The van der Waals surface area contributed by atoms with Gasteiger partial charge in [-0.15, -0.1) is 0 Å². The van der Waals surface area contributed by atoms with Gasteiger partial charge in [0.25, 0.3) is 0 Å². The summed E-state index contributed by atoms with van der Waals surface area (Å²) in [4.78, 5) is 14.9. The highest BCUT2D eigenvalue weighted by Crippen LogP contribution is 2.19. The second kappa shape index (κ2) is 3.98. The molecule has 0 radical (unpaired) electrons. The number of rotatable bonds is 3. The van der Waals surface area contributed by atoms with Crippen molar-refractivity contribution in [1.82, 2.24) is 4.98 Å². The van der Waals surface area contributed by atoms with E-state index in [2.05, 4.69) is 4.98 Å². The zero-order valence-electron chi connectivity index (χ0n) is 8.56. The van der Waals surface area contributed by atoms with Crippen LogP contribution in [0.25, 0.3) is 0 Å². The normalized spacial score (nSPS) is 16.1. The maximum atomic E-state index is 10.7. The largest absolute Gasteiger partial charge is 0.481 e. The average Bonchev–Trinajstić information content (AvgIpc) is 2.64. The van der Waals surface area contributed by atoms with E-state index in [0.717, 1.165) is 16.8 Å². The number of hydrogen-bond donors (Lipinski definition) is 1. The summed E-state index contributed by atoms with van der Waals surface area (Å²) in [5, 5.41) is 8.79. The first-order valence-corrected chi connectivity index (χ1v) is 4.94. The summed E-state index contributed by atoms with van der Waals surface area (Å²) in [5.41, 5.74) is 3.03. The van der Waals surface area contributed by atoms with Gasteiger partial charge in [0.1, 0.15) is 0 Å². The highest BCUT2D eigenvalue weighted by atomic mass is 16.5. The van der Waals surface area contributed by atoms with Crippen LogP contribution in [0, 0.1) is 5.92 Å². The Morgan fingerprint density at radius 3 is 3.20 bits per heavy atom. The molecule has 0 saturated heterocycles. The van der Waals surface area contributed by atoms with E-state index in [9.17, 15) is 4.79 Å². The number of carboxylic acids is 1. The number of carboxylic acid groups (broad SMARTS) is 1. The van der Waals surface area contributed by atoms with Crippen LogP contribution in [0.4, 0.5) is 0 Å². The summed E-state index contributed by atoms with van der Waals surface area (Å²) < 4.78 is 5.24. The fourth-order valence-electron chi connectivity index (χ4n) is 1.65. The molecular formula is C11H13NO3. The summed E-state index contributed by atoms with van der Waals surface area (Å²) in [6, 6.07) is 1.99. The van der Waals surface area contributed by atoms with E-state index in [0.29, 0.717) is 19.6 Å². The second-order valence-electron chi connectivity index (χ2n) is 3.89. The number of fused-ring (bicyclic) bond motifs is 1. The number of aromatic nitrogens is 1. The molecule has 2 heterocycles. The van der Waals surface area contributed by atoms with Gasteiger partial charge in [0.15, 0.2) is 0 Å². The van der Waals surface area contributed by atoms with Crippen LogP contribution < -0.4 is 0 Å². The summed E-state index contributed by atoms with van der Waals surface area (Å²) in [7, 11) is 0. The van der Waals surface area contributed by atoms with E-state index in [-0.39, 0.29) is 5.92 Å². The minimum absolute atomic E-state index is 0.368. The number of nitrogens with zero attached hydrogens (tertiary/aromatic N) is 1. The molecule has 15 heavy (non-hydrogen) atoms. The second-order valence-corrected chi connectivity index (χ2v) is 3.89. The van der Waals surface area contributed by atoms with E-state index < -0.39 is 5.97 Å². The number of aliphatic carboxylic acids is 1. The summed E-state index contributed by atoms with van der Waals surface area (Å²) in [6.07, 6.45) is 2.27. The SMILES string of the molecule is CC(Cc1cnc2c(c1)COC2)C(=O)O. The Morgan fingerprint density at radius 1 is 1.67 bits per heavy atom. The molecule has 0 fully saturated rings. The molecule has 4 heteroatoms. The smallest absolute Gasteiger partial charge is 0.306 e. The van der Waals surface area contributed by atoms with Gasteiger partial charge in [0, 0.05) is 11.8 Å². The van der Waals surface area contributed by atoms with Gasteiger partial charge in [-0.2, -0.15) is 0 Å². The summed E-state index contributed by atoms with van der Waals surface area (Å²) in [5.74, 6) is -1.14. The van der Waals surface area contributed by atoms with Gasteiger partial charge >= 0.3 is 5.97 Å². The first-order valence-electron chi connectivity index (χ1n) is 4.94. The third kappa shape index (κ3) is 2.15. The Morgan fingerprint density at radius 2 is 2.47 bits per heavy atom. The molecule has 0 saturated carbocycles. The maximum absolute atomic E-state index is 10.7. The fraction of sp³-hybridized carbons (Fsp3) is 0.455. The zero-order chi connectivity index (χ0) is 10.8. The Bertz CT molecular complexity index is 389. The Balaban J connectivity index is 2.13. The lowest BCUT2D eigenvalue weighted by Crippen LogP contribution is -2.12. The molecule has 2 rings (SSSR count). The molecule has 1 unspecified atom stereocenters. The van der Waals surface area contributed by atoms with E-state index in [4.69, 9.17) is 9.84 Å². The highest BCUT2D eigenvalue weighted by Gasteiger charge is 2.16. The number of hydrogen-bond acceptors (Lipinski definition) is 3. The van der Waals surface area contributed by atoms with Crippen LogP contribution in [0.15, 0.2) is 12.3 Å². The van der Waals surface area contributed by atoms with E-state index in [1.807, 2.05) is 6.07 Å². The molecule has 1 aliphatic heterocycles. The molecule has 0 amide bonds.